The fourth-order valence-corrected chi connectivity index (χ4v) is 3.76. The fourth-order valence-electron chi connectivity index (χ4n) is 3.08. The van der Waals surface area contributed by atoms with Gasteiger partial charge in [0, 0.05) is 19.1 Å². The highest BCUT2D eigenvalue weighted by Gasteiger charge is 2.36. The van der Waals surface area contributed by atoms with Gasteiger partial charge in [-0.25, -0.2) is 0 Å². The number of nitrogens with zero attached hydrogens (tertiary/aromatic N) is 1. The zero-order chi connectivity index (χ0) is 13.2. The molecular formula is C14H20N2O2S. The van der Waals surface area contributed by atoms with Crippen LogP contribution >= 0.6 is 11.3 Å². The number of nitrogens with one attached hydrogen (secondary N) is 1. The van der Waals surface area contributed by atoms with E-state index in [0.29, 0.717) is 18.6 Å². The van der Waals surface area contributed by atoms with Crippen molar-refractivity contribution in [3.05, 3.63) is 22.4 Å². The standard InChI is InChI=1S/C14H20N2O2S/c1-2-12-10(3-5-18-12)8-16-13(17)7-15-14(16)11-4-6-19-9-11/h4,6,9-10,12,14-15H,2-3,5,7-8H2,1H3. The monoisotopic (exact) mass is 280 g/mol. The third-order valence-electron chi connectivity index (χ3n) is 4.12. The van der Waals surface area contributed by atoms with Crippen LogP contribution in [0.15, 0.2) is 16.8 Å². The predicted molar refractivity (Wildman–Crippen MR) is 74.9 cm³/mol. The van der Waals surface area contributed by atoms with E-state index in [-0.39, 0.29) is 12.1 Å². The second-order valence-electron chi connectivity index (χ2n) is 5.25. The number of ether oxygens (including phenoxy) is 1. The van der Waals surface area contributed by atoms with E-state index in [9.17, 15) is 4.79 Å². The van der Waals surface area contributed by atoms with E-state index in [1.165, 1.54) is 5.56 Å². The molecule has 1 aromatic heterocycles. The molecule has 4 nitrogen and oxygen atoms in total. The van der Waals surface area contributed by atoms with E-state index in [0.717, 1.165) is 26.0 Å². The van der Waals surface area contributed by atoms with Crippen LogP contribution in [-0.4, -0.2) is 36.6 Å². The summed E-state index contributed by atoms with van der Waals surface area (Å²) in [5.41, 5.74) is 1.20. The lowest BCUT2D eigenvalue weighted by atomic mass is 9.98. The molecule has 0 bridgehead atoms. The van der Waals surface area contributed by atoms with Crippen molar-refractivity contribution in [2.75, 3.05) is 19.7 Å². The Morgan fingerprint density at radius 3 is 3.21 bits per heavy atom. The SMILES string of the molecule is CCC1OCCC1CN1C(=O)CNC1c1ccsc1. The minimum Gasteiger partial charge on any atom is -0.378 e. The Morgan fingerprint density at radius 1 is 1.58 bits per heavy atom. The Labute approximate surface area is 117 Å². The lowest BCUT2D eigenvalue weighted by Gasteiger charge is -2.28. The van der Waals surface area contributed by atoms with Gasteiger partial charge in [-0.2, -0.15) is 11.3 Å². The van der Waals surface area contributed by atoms with Crippen molar-refractivity contribution in [1.82, 2.24) is 10.2 Å². The zero-order valence-corrected chi connectivity index (χ0v) is 12.0. The Kier molecular flexibility index (Phi) is 3.86. The first kappa shape index (κ1) is 13.1. The molecule has 104 valence electrons. The van der Waals surface area contributed by atoms with Crippen molar-refractivity contribution in [2.45, 2.75) is 32.0 Å². The third kappa shape index (κ3) is 2.55. The molecule has 3 atom stereocenters. The van der Waals surface area contributed by atoms with E-state index in [1.807, 2.05) is 4.90 Å². The van der Waals surface area contributed by atoms with Crippen LogP contribution in [0.2, 0.25) is 0 Å². The fraction of sp³-hybridized carbons (Fsp3) is 0.643. The molecule has 3 rings (SSSR count). The van der Waals surface area contributed by atoms with Gasteiger partial charge in [0.05, 0.1) is 12.6 Å². The summed E-state index contributed by atoms with van der Waals surface area (Å²) in [4.78, 5) is 14.1. The molecule has 0 spiro atoms. The first-order chi connectivity index (χ1) is 9.29. The van der Waals surface area contributed by atoms with Gasteiger partial charge in [-0.15, -0.1) is 0 Å². The number of carbonyl (C=O) groups is 1. The van der Waals surface area contributed by atoms with Crippen LogP contribution in [0.5, 0.6) is 0 Å². The number of hydrogen-bond donors (Lipinski definition) is 1. The molecule has 1 amide bonds. The summed E-state index contributed by atoms with van der Waals surface area (Å²) in [6.45, 7) is 4.25. The van der Waals surface area contributed by atoms with Crippen molar-refractivity contribution in [2.24, 2.45) is 5.92 Å². The maximum Gasteiger partial charge on any atom is 0.238 e. The second-order valence-corrected chi connectivity index (χ2v) is 6.03. The molecule has 2 fully saturated rings. The van der Waals surface area contributed by atoms with Crippen molar-refractivity contribution < 1.29 is 9.53 Å². The molecule has 0 radical (unpaired) electrons. The van der Waals surface area contributed by atoms with E-state index < -0.39 is 0 Å². The number of carbonyl (C=O) groups excluding carboxylic acids is 1. The van der Waals surface area contributed by atoms with Gasteiger partial charge in [-0.1, -0.05) is 6.92 Å². The van der Waals surface area contributed by atoms with Crippen LogP contribution in [0.4, 0.5) is 0 Å². The largest absolute Gasteiger partial charge is 0.378 e. The maximum absolute atomic E-state index is 12.1. The molecule has 19 heavy (non-hydrogen) atoms. The van der Waals surface area contributed by atoms with Crippen molar-refractivity contribution in [3.63, 3.8) is 0 Å². The molecule has 3 heterocycles. The molecule has 0 saturated carbocycles. The highest BCUT2D eigenvalue weighted by atomic mass is 32.1. The van der Waals surface area contributed by atoms with Gasteiger partial charge in [0.25, 0.3) is 0 Å². The van der Waals surface area contributed by atoms with Gasteiger partial charge in [0.15, 0.2) is 0 Å². The summed E-state index contributed by atoms with van der Waals surface area (Å²) in [5, 5.41) is 7.49. The molecule has 5 heteroatoms. The molecular weight excluding hydrogens is 260 g/mol. The maximum atomic E-state index is 12.1. The molecule has 1 N–H and O–H groups in total. The van der Waals surface area contributed by atoms with E-state index in [4.69, 9.17) is 4.74 Å². The molecule has 0 aliphatic carbocycles. The van der Waals surface area contributed by atoms with Gasteiger partial charge < -0.3 is 9.64 Å². The topological polar surface area (TPSA) is 41.6 Å². The van der Waals surface area contributed by atoms with Crippen molar-refractivity contribution in [3.8, 4) is 0 Å². The molecule has 2 aliphatic rings. The summed E-state index contributed by atoms with van der Waals surface area (Å²) in [7, 11) is 0. The van der Waals surface area contributed by atoms with Gasteiger partial charge >= 0.3 is 0 Å². The molecule has 0 aromatic carbocycles. The predicted octanol–water partition coefficient (Wildman–Crippen LogP) is 1.99. The molecule has 1 aromatic rings. The van der Waals surface area contributed by atoms with Crippen molar-refractivity contribution in [1.29, 1.82) is 0 Å². The van der Waals surface area contributed by atoms with Gasteiger partial charge in [0.2, 0.25) is 5.91 Å². The van der Waals surface area contributed by atoms with Crippen LogP contribution in [0.3, 0.4) is 0 Å². The van der Waals surface area contributed by atoms with Crippen LogP contribution in [0, 0.1) is 5.92 Å². The molecule has 2 saturated heterocycles. The van der Waals surface area contributed by atoms with E-state index >= 15 is 0 Å². The zero-order valence-electron chi connectivity index (χ0n) is 11.2. The van der Waals surface area contributed by atoms with Gasteiger partial charge in [-0.05, 0) is 35.2 Å². The number of thiophene rings is 1. The van der Waals surface area contributed by atoms with Gasteiger partial charge in [-0.3, -0.25) is 10.1 Å². The minimum absolute atomic E-state index is 0.0526. The van der Waals surface area contributed by atoms with Crippen LogP contribution < -0.4 is 5.32 Å². The number of rotatable bonds is 4. The average molecular weight is 280 g/mol. The molecule has 2 aliphatic heterocycles. The highest BCUT2D eigenvalue weighted by molar-refractivity contribution is 7.07. The number of hydrogen-bond acceptors (Lipinski definition) is 4. The van der Waals surface area contributed by atoms with Crippen molar-refractivity contribution >= 4 is 17.2 Å². The third-order valence-corrected chi connectivity index (χ3v) is 4.82. The van der Waals surface area contributed by atoms with Crippen LogP contribution in [0.1, 0.15) is 31.5 Å². The summed E-state index contributed by atoms with van der Waals surface area (Å²) < 4.78 is 5.73. The lowest BCUT2D eigenvalue weighted by Crippen LogP contribution is -2.37. The van der Waals surface area contributed by atoms with E-state index in [2.05, 4.69) is 29.1 Å². The Morgan fingerprint density at radius 2 is 2.47 bits per heavy atom. The Balaban J connectivity index is 1.72. The summed E-state index contributed by atoms with van der Waals surface area (Å²) in [5.74, 6) is 0.688. The quantitative estimate of drug-likeness (QED) is 0.917. The summed E-state index contributed by atoms with van der Waals surface area (Å²) in [6, 6.07) is 2.09. The Hall–Kier alpha value is -0.910. The second kappa shape index (κ2) is 5.61. The highest BCUT2D eigenvalue weighted by Crippen LogP contribution is 2.30. The van der Waals surface area contributed by atoms with Crippen LogP contribution in [-0.2, 0) is 9.53 Å². The van der Waals surface area contributed by atoms with Crippen LogP contribution in [0.25, 0.3) is 0 Å². The smallest absolute Gasteiger partial charge is 0.238 e. The normalized spacial score (nSPS) is 31.3. The molecule has 3 unspecified atom stereocenters. The summed E-state index contributed by atoms with van der Waals surface area (Å²) in [6.07, 6.45) is 2.47. The number of amides is 1. The first-order valence-electron chi connectivity index (χ1n) is 6.96. The Bertz CT molecular complexity index is 435. The average Bonchev–Trinajstić information content (AvgIpc) is 3.12. The van der Waals surface area contributed by atoms with Gasteiger partial charge in [0.1, 0.15) is 6.17 Å². The summed E-state index contributed by atoms with van der Waals surface area (Å²) >= 11 is 1.67. The minimum atomic E-state index is 0.0526. The van der Waals surface area contributed by atoms with E-state index in [1.54, 1.807) is 11.3 Å². The lowest BCUT2D eigenvalue weighted by molar-refractivity contribution is -0.128. The first-order valence-corrected chi connectivity index (χ1v) is 7.90.